The molecule has 67 valence electrons. The molecule has 0 aromatic rings. The monoisotopic (exact) mass is 172 g/mol. The van der Waals surface area contributed by atoms with Gasteiger partial charge in [0.25, 0.3) is 0 Å². The summed E-state index contributed by atoms with van der Waals surface area (Å²) in [5, 5.41) is 2.32. The highest BCUT2D eigenvalue weighted by molar-refractivity contribution is 5.74. The molecule has 0 fully saturated rings. The van der Waals surface area contributed by atoms with Crippen LogP contribution in [-0.2, 0) is 19.1 Å². The highest BCUT2D eigenvalue weighted by Gasteiger charge is 2.11. The summed E-state index contributed by atoms with van der Waals surface area (Å²) in [6.45, 7) is 2.45. The lowest BCUT2D eigenvalue weighted by Crippen LogP contribution is -2.34. The van der Waals surface area contributed by atoms with Gasteiger partial charge >= 0.3 is 5.97 Å². The van der Waals surface area contributed by atoms with Gasteiger partial charge in [0.05, 0.1) is 6.54 Å². The minimum absolute atomic E-state index is 0.0294. The predicted molar refractivity (Wildman–Crippen MR) is 39.9 cm³/mol. The molecule has 1 N–H and O–H groups in total. The fourth-order valence-corrected chi connectivity index (χ4v) is 0.544. The summed E-state index contributed by atoms with van der Waals surface area (Å²) in [4.78, 5) is 30.8. The zero-order chi connectivity index (χ0) is 9.56. The van der Waals surface area contributed by atoms with Crippen LogP contribution in [0.15, 0.2) is 0 Å². The van der Waals surface area contributed by atoms with E-state index in [9.17, 15) is 14.4 Å². The summed E-state index contributed by atoms with van der Waals surface area (Å²) in [7, 11) is 0. The number of amides is 1. The third-order valence-electron chi connectivity index (χ3n) is 0.976. The number of ether oxygens (including phenoxy) is 1. The SMILES string of the molecule is CC(=O)NCC([C]=O)OC(C)=O. The predicted octanol–water partition coefficient (Wildman–Crippen LogP) is -0.836. The number of carbonyl (C=O) groups is 2. The van der Waals surface area contributed by atoms with Gasteiger partial charge in [-0.2, -0.15) is 0 Å². The van der Waals surface area contributed by atoms with E-state index >= 15 is 0 Å². The molecule has 1 atom stereocenters. The molecule has 1 amide bonds. The van der Waals surface area contributed by atoms with E-state index in [1.165, 1.54) is 20.1 Å². The minimum Gasteiger partial charge on any atom is -0.452 e. The molecule has 1 unspecified atom stereocenters. The van der Waals surface area contributed by atoms with Crippen molar-refractivity contribution in [2.45, 2.75) is 20.0 Å². The molecule has 0 aliphatic rings. The Kier molecular flexibility index (Phi) is 4.67. The van der Waals surface area contributed by atoms with E-state index in [-0.39, 0.29) is 12.5 Å². The fourth-order valence-electron chi connectivity index (χ4n) is 0.544. The summed E-state index contributed by atoms with van der Waals surface area (Å²) in [5.74, 6) is -0.865. The number of rotatable bonds is 4. The molecule has 0 rings (SSSR count). The van der Waals surface area contributed by atoms with Crippen molar-refractivity contribution in [3.05, 3.63) is 0 Å². The van der Waals surface area contributed by atoms with Gasteiger partial charge in [-0.1, -0.05) is 0 Å². The summed E-state index contributed by atoms with van der Waals surface area (Å²) in [6, 6.07) is 0. The second-order valence-electron chi connectivity index (χ2n) is 2.15. The molecule has 0 aromatic carbocycles. The molecule has 0 saturated carbocycles. The van der Waals surface area contributed by atoms with E-state index in [1.807, 2.05) is 0 Å². The number of esters is 1. The molecular weight excluding hydrogens is 162 g/mol. The second kappa shape index (κ2) is 5.29. The first-order valence-corrected chi connectivity index (χ1v) is 3.35. The average Bonchev–Trinajstić information content (AvgIpc) is 1.97. The minimum atomic E-state index is -1.01. The van der Waals surface area contributed by atoms with Crippen molar-refractivity contribution in [3.63, 3.8) is 0 Å². The molecule has 0 aliphatic carbocycles. The zero-order valence-electron chi connectivity index (χ0n) is 6.92. The van der Waals surface area contributed by atoms with Gasteiger partial charge < -0.3 is 10.1 Å². The molecule has 5 heteroatoms. The van der Waals surface area contributed by atoms with Gasteiger partial charge in [0.2, 0.25) is 12.2 Å². The van der Waals surface area contributed by atoms with Crippen LogP contribution in [0.4, 0.5) is 0 Å². The third-order valence-corrected chi connectivity index (χ3v) is 0.976. The fraction of sp³-hybridized carbons (Fsp3) is 0.571. The third kappa shape index (κ3) is 5.40. The van der Waals surface area contributed by atoms with Crippen LogP contribution in [0.2, 0.25) is 0 Å². The molecule has 0 aliphatic heterocycles. The molecule has 0 spiro atoms. The van der Waals surface area contributed by atoms with E-state index < -0.39 is 12.1 Å². The van der Waals surface area contributed by atoms with Crippen molar-refractivity contribution in [2.24, 2.45) is 0 Å². The lowest BCUT2D eigenvalue weighted by atomic mass is 10.4. The summed E-state index contributed by atoms with van der Waals surface area (Å²) in [6.07, 6.45) is 0.473. The maximum atomic E-state index is 10.4. The second-order valence-corrected chi connectivity index (χ2v) is 2.15. The Balaban J connectivity index is 3.75. The van der Waals surface area contributed by atoms with E-state index in [0.29, 0.717) is 0 Å². The normalized spacial score (nSPS) is 11.5. The van der Waals surface area contributed by atoms with E-state index in [2.05, 4.69) is 10.1 Å². The van der Waals surface area contributed by atoms with Crippen molar-refractivity contribution >= 4 is 18.2 Å². The lowest BCUT2D eigenvalue weighted by molar-refractivity contribution is -0.143. The van der Waals surface area contributed by atoms with Gasteiger partial charge in [0, 0.05) is 13.8 Å². The molecule has 5 nitrogen and oxygen atoms in total. The van der Waals surface area contributed by atoms with Crippen molar-refractivity contribution in [3.8, 4) is 0 Å². The maximum absolute atomic E-state index is 10.4. The first-order chi connectivity index (χ1) is 5.56. The molecule has 12 heavy (non-hydrogen) atoms. The summed E-state index contributed by atoms with van der Waals surface area (Å²) < 4.78 is 4.47. The van der Waals surface area contributed by atoms with Crippen LogP contribution >= 0.6 is 0 Å². The molecule has 0 aromatic heterocycles. The standard InChI is InChI=1S/C7H10NO4/c1-5(10)8-3-7(4-9)12-6(2)11/h7H,3H2,1-2H3,(H,8,10). The number of hydrogen-bond donors (Lipinski definition) is 1. The topological polar surface area (TPSA) is 72.5 Å². The quantitative estimate of drug-likeness (QED) is 0.561. The zero-order valence-corrected chi connectivity index (χ0v) is 6.92. The Morgan fingerprint density at radius 2 is 2.08 bits per heavy atom. The highest BCUT2D eigenvalue weighted by atomic mass is 16.5. The van der Waals surface area contributed by atoms with Crippen LogP contribution < -0.4 is 5.32 Å². The number of hydrogen-bond acceptors (Lipinski definition) is 4. The van der Waals surface area contributed by atoms with Crippen LogP contribution in [0, 0.1) is 0 Å². The van der Waals surface area contributed by atoms with E-state index in [0.717, 1.165) is 0 Å². The Morgan fingerprint density at radius 3 is 2.42 bits per heavy atom. The molecule has 0 heterocycles. The Labute approximate surface area is 70.1 Å². The number of carbonyl (C=O) groups excluding carboxylic acids is 3. The van der Waals surface area contributed by atoms with Gasteiger partial charge in [-0.05, 0) is 0 Å². The van der Waals surface area contributed by atoms with E-state index in [4.69, 9.17) is 0 Å². The van der Waals surface area contributed by atoms with Crippen LogP contribution in [0.25, 0.3) is 0 Å². The Morgan fingerprint density at radius 1 is 1.50 bits per heavy atom. The number of nitrogens with one attached hydrogen (secondary N) is 1. The summed E-state index contributed by atoms with van der Waals surface area (Å²) >= 11 is 0. The molecule has 0 bridgehead atoms. The van der Waals surface area contributed by atoms with Crippen LogP contribution in [0.1, 0.15) is 13.8 Å². The molecule has 0 saturated heterocycles. The van der Waals surface area contributed by atoms with Crippen LogP contribution in [0.3, 0.4) is 0 Å². The van der Waals surface area contributed by atoms with Crippen LogP contribution in [-0.4, -0.2) is 30.8 Å². The van der Waals surface area contributed by atoms with Gasteiger partial charge in [-0.3, -0.25) is 14.4 Å². The highest BCUT2D eigenvalue weighted by Crippen LogP contribution is 1.86. The first-order valence-electron chi connectivity index (χ1n) is 3.35. The van der Waals surface area contributed by atoms with Crippen LogP contribution in [0.5, 0.6) is 0 Å². The van der Waals surface area contributed by atoms with Crippen molar-refractivity contribution in [2.75, 3.05) is 6.54 Å². The largest absolute Gasteiger partial charge is 0.452 e. The van der Waals surface area contributed by atoms with Gasteiger partial charge in [-0.25, -0.2) is 0 Å². The van der Waals surface area contributed by atoms with Gasteiger partial charge in [-0.15, -0.1) is 0 Å². The van der Waals surface area contributed by atoms with E-state index in [1.54, 1.807) is 0 Å². The Hall–Kier alpha value is -1.39. The van der Waals surface area contributed by atoms with Crippen molar-refractivity contribution < 1.29 is 19.1 Å². The first kappa shape index (κ1) is 10.6. The van der Waals surface area contributed by atoms with Gasteiger partial charge in [0.1, 0.15) is 0 Å². The molecular formula is C7H10NO4. The average molecular weight is 172 g/mol. The van der Waals surface area contributed by atoms with Crippen molar-refractivity contribution in [1.29, 1.82) is 0 Å². The smallest absolute Gasteiger partial charge is 0.303 e. The van der Waals surface area contributed by atoms with Gasteiger partial charge in [0.15, 0.2) is 6.10 Å². The maximum Gasteiger partial charge on any atom is 0.303 e. The molecule has 1 radical (unpaired) electrons. The van der Waals surface area contributed by atoms with Crippen molar-refractivity contribution in [1.82, 2.24) is 5.32 Å². The summed E-state index contributed by atoms with van der Waals surface area (Å²) in [5.41, 5.74) is 0. The lowest BCUT2D eigenvalue weighted by Gasteiger charge is -2.09. The Bertz CT molecular complexity index is 190.